The second-order valence-electron chi connectivity index (χ2n) is 1.95. The summed E-state index contributed by atoms with van der Waals surface area (Å²) < 4.78 is 0. The standard InChI is InChI=1S/C6H11NOS/c8-4-1-2-6-7-3-5-9-6/h8H,1-5H2. The van der Waals surface area contributed by atoms with E-state index >= 15 is 0 Å². The van der Waals surface area contributed by atoms with Crippen molar-refractivity contribution in [3.05, 3.63) is 0 Å². The van der Waals surface area contributed by atoms with Gasteiger partial charge in [0.1, 0.15) is 0 Å². The SMILES string of the molecule is OCCCC1=NCCS1. The van der Waals surface area contributed by atoms with Crippen molar-refractivity contribution in [2.45, 2.75) is 12.8 Å². The molecule has 1 rings (SSSR count). The largest absolute Gasteiger partial charge is 0.396 e. The molecule has 1 aliphatic heterocycles. The number of rotatable bonds is 3. The van der Waals surface area contributed by atoms with Gasteiger partial charge >= 0.3 is 0 Å². The van der Waals surface area contributed by atoms with E-state index in [1.54, 1.807) is 0 Å². The Morgan fingerprint density at radius 3 is 3.11 bits per heavy atom. The van der Waals surface area contributed by atoms with Crippen molar-refractivity contribution >= 4 is 16.8 Å². The van der Waals surface area contributed by atoms with Crippen LogP contribution < -0.4 is 0 Å². The van der Waals surface area contributed by atoms with Crippen molar-refractivity contribution in [1.29, 1.82) is 0 Å². The van der Waals surface area contributed by atoms with Crippen molar-refractivity contribution in [3.8, 4) is 0 Å². The summed E-state index contributed by atoms with van der Waals surface area (Å²) in [6, 6.07) is 0. The van der Waals surface area contributed by atoms with Gasteiger partial charge in [-0.05, 0) is 12.8 Å². The van der Waals surface area contributed by atoms with E-state index in [-0.39, 0.29) is 0 Å². The van der Waals surface area contributed by atoms with Crippen LogP contribution in [0.5, 0.6) is 0 Å². The van der Waals surface area contributed by atoms with Gasteiger partial charge < -0.3 is 5.11 Å². The molecule has 0 aromatic heterocycles. The average Bonchev–Trinajstić information content (AvgIpc) is 2.34. The second-order valence-corrected chi connectivity index (χ2v) is 3.12. The number of aliphatic imine (C=N–C) groups is 1. The Morgan fingerprint density at radius 1 is 1.67 bits per heavy atom. The van der Waals surface area contributed by atoms with E-state index in [0.29, 0.717) is 6.61 Å². The molecular weight excluding hydrogens is 134 g/mol. The molecule has 0 aromatic rings. The van der Waals surface area contributed by atoms with Gasteiger partial charge in [-0.1, -0.05) is 0 Å². The Morgan fingerprint density at radius 2 is 2.56 bits per heavy atom. The Kier molecular flexibility index (Phi) is 3.08. The number of thioether (sulfide) groups is 1. The molecule has 0 aliphatic carbocycles. The molecule has 0 aromatic carbocycles. The zero-order chi connectivity index (χ0) is 6.53. The smallest absolute Gasteiger partial charge is 0.0677 e. The van der Waals surface area contributed by atoms with Crippen LogP contribution in [0.4, 0.5) is 0 Å². The highest BCUT2D eigenvalue weighted by Crippen LogP contribution is 2.15. The van der Waals surface area contributed by atoms with E-state index in [4.69, 9.17) is 5.11 Å². The summed E-state index contributed by atoms with van der Waals surface area (Å²) >= 11 is 1.82. The fraction of sp³-hybridized carbons (Fsp3) is 0.833. The molecule has 0 saturated carbocycles. The van der Waals surface area contributed by atoms with E-state index in [2.05, 4.69) is 4.99 Å². The average molecular weight is 145 g/mol. The van der Waals surface area contributed by atoms with Gasteiger partial charge in [-0.15, -0.1) is 11.8 Å². The van der Waals surface area contributed by atoms with Crippen molar-refractivity contribution in [2.24, 2.45) is 4.99 Å². The number of hydrogen-bond donors (Lipinski definition) is 1. The summed E-state index contributed by atoms with van der Waals surface area (Å²) in [7, 11) is 0. The molecule has 0 atom stereocenters. The first-order chi connectivity index (χ1) is 4.43. The van der Waals surface area contributed by atoms with Gasteiger partial charge in [-0.2, -0.15) is 0 Å². The zero-order valence-corrected chi connectivity index (χ0v) is 6.15. The second kappa shape index (κ2) is 3.90. The van der Waals surface area contributed by atoms with Crippen LogP contribution in [0.1, 0.15) is 12.8 Å². The van der Waals surface area contributed by atoms with Crippen LogP contribution in [0.2, 0.25) is 0 Å². The lowest BCUT2D eigenvalue weighted by molar-refractivity contribution is 0.291. The molecule has 3 heteroatoms. The molecule has 0 spiro atoms. The van der Waals surface area contributed by atoms with Crippen molar-refractivity contribution in [2.75, 3.05) is 18.9 Å². The monoisotopic (exact) mass is 145 g/mol. The maximum absolute atomic E-state index is 8.46. The minimum Gasteiger partial charge on any atom is -0.396 e. The topological polar surface area (TPSA) is 32.6 Å². The molecule has 0 saturated heterocycles. The first-order valence-electron chi connectivity index (χ1n) is 3.20. The van der Waals surface area contributed by atoms with Gasteiger partial charge in [0.2, 0.25) is 0 Å². The number of hydrogen-bond acceptors (Lipinski definition) is 3. The minimum atomic E-state index is 0.291. The van der Waals surface area contributed by atoms with Gasteiger partial charge in [0.05, 0.1) is 5.04 Å². The Hall–Kier alpha value is -0.0200. The summed E-state index contributed by atoms with van der Waals surface area (Å²) in [5, 5.41) is 9.69. The number of aliphatic hydroxyl groups is 1. The van der Waals surface area contributed by atoms with Crippen LogP contribution in [-0.2, 0) is 0 Å². The van der Waals surface area contributed by atoms with Crippen LogP contribution in [0.3, 0.4) is 0 Å². The van der Waals surface area contributed by atoms with Crippen molar-refractivity contribution in [1.82, 2.24) is 0 Å². The van der Waals surface area contributed by atoms with Crippen LogP contribution in [0.15, 0.2) is 4.99 Å². The molecule has 2 nitrogen and oxygen atoms in total. The Balaban J connectivity index is 2.11. The van der Waals surface area contributed by atoms with E-state index in [9.17, 15) is 0 Å². The highest BCUT2D eigenvalue weighted by atomic mass is 32.2. The van der Waals surface area contributed by atoms with E-state index in [0.717, 1.165) is 25.1 Å². The Bertz CT molecular complexity index is 114. The predicted octanol–water partition coefficient (Wildman–Crippen LogP) is 0.904. The first-order valence-corrected chi connectivity index (χ1v) is 4.19. The molecule has 52 valence electrons. The predicted molar refractivity (Wildman–Crippen MR) is 41.1 cm³/mol. The zero-order valence-electron chi connectivity index (χ0n) is 5.34. The molecule has 9 heavy (non-hydrogen) atoms. The molecule has 0 fully saturated rings. The molecule has 1 heterocycles. The molecule has 1 aliphatic rings. The summed E-state index contributed by atoms with van der Waals surface area (Å²) in [6.07, 6.45) is 1.84. The third-order valence-electron chi connectivity index (χ3n) is 1.20. The van der Waals surface area contributed by atoms with Crippen molar-refractivity contribution < 1.29 is 5.11 Å². The van der Waals surface area contributed by atoms with Crippen LogP contribution in [-0.4, -0.2) is 29.1 Å². The lowest BCUT2D eigenvalue weighted by Gasteiger charge is -1.93. The molecule has 0 radical (unpaired) electrons. The summed E-state index contributed by atoms with van der Waals surface area (Å²) in [5.41, 5.74) is 0. The molecule has 0 unspecified atom stereocenters. The van der Waals surface area contributed by atoms with Gasteiger partial charge in [0.15, 0.2) is 0 Å². The minimum absolute atomic E-state index is 0.291. The fourth-order valence-corrected chi connectivity index (χ4v) is 1.65. The van der Waals surface area contributed by atoms with E-state index in [1.165, 1.54) is 5.04 Å². The number of nitrogens with zero attached hydrogens (tertiary/aromatic N) is 1. The molecule has 0 amide bonds. The maximum Gasteiger partial charge on any atom is 0.0677 e. The normalized spacial score (nSPS) is 18.1. The number of aliphatic hydroxyl groups excluding tert-OH is 1. The highest BCUT2D eigenvalue weighted by Gasteiger charge is 2.04. The van der Waals surface area contributed by atoms with E-state index < -0.39 is 0 Å². The van der Waals surface area contributed by atoms with Crippen LogP contribution in [0, 0.1) is 0 Å². The summed E-state index contributed by atoms with van der Waals surface area (Å²) in [5.74, 6) is 1.14. The highest BCUT2D eigenvalue weighted by molar-refractivity contribution is 8.14. The molecule has 0 bridgehead atoms. The lowest BCUT2D eigenvalue weighted by Crippen LogP contribution is -1.90. The van der Waals surface area contributed by atoms with E-state index in [1.807, 2.05) is 11.8 Å². The third kappa shape index (κ3) is 2.37. The molecular formula is C6H11NOS. The van der Waals surface area contributed by atoms with Crippen molar-refractivity contribution in [3.63, 3.8) is 0 Å². The first kappa shape index (κ1) is 7.09. The van der Waals surface area contributed by atoms with Gasteiger partial charge in [0, 0.05) is 18.9 Å². The lowest BCUT2D eigenvalue weighted by atomic mass is 10.3. The Labute approximate surface area is 59.4 Å². The van der Waals surface area contributed by atoms with Gasteiger partial charge in [0.25, 0.3) is 0 Å². The van der Waals surface area contributed by atoms with Gasteiger partial charge in [-0.25, -0.2) is 0 Å². The van der Waals surface area contributed by atoms with Crippen LogP contribution >= 0.6 is 11.8 Å². The fourth-order valence-electron chi connectivity index (χ4n) is 0.761. The summed E-state index contributed by atoms with van der Waals surface area (Å²) in [4.78, 5) is 4.24. The maximum atomic E-state index is 8.46. The molecule has 1 N–H and O–H groups in total. The van der Waals surface area contributed by atoms with Crippen LogP contribution in [0.25, 0.3) is 0 Å². The summed E-state index contributed by atoms with van der Waals surface area (Å²) in [6.45, 7) is 1.27. The third-order valence-corrected chi connectivity index (χ3v) is 2.25. The van der Waals surface area contributed by atoms with Gasteiger partial charge in [-0.3, -0.25) is 4.99 Å². The quantitative estimate of drug-likeness (QED) is 0.640.